The lowest BCUT2D eigenvalue weighted by Crippen LogP contribution is -2.30. The number of allylic oxidation sites excluding steroid dienone is 22. The highest BCUT2D eigenvalue weighted by Crippen LogP contribution is 2.45. The normalized spacial score (nSPS) is 14.7. The van der Waals surface area contributed by atoms with Crippen LogP contribution < -0.4 is 0 Å². The molecule has 0 spiro atoms. The topological polar surface area (TPSA) is 237 Å². The molecule has 0 radical (unpaired) electrons. The maximum atomic E-state index is 13.1. The molecule has 0 aromatic carbocycles. The summed E-state index contributed by atoms with van der Waals surface area (Å²) in [6.07, 6.45) is 80.2. The van der Waals surface area contributed by atoms with Crippen LogP contribution in [0.1, 0.15) is 297 Å². The summed E-state index contributed by atoms with van der Waals surface area (Å²) in [6.45, 7) is 4.48. The maximum absolute atomic E-state index is 13.1. The Morgan fingerprint density at radius 2 is 0.540 bits per heavy atom. The summed E-state index contributed by atoms with van der Waals surface area (Å²) in [7, 11) is -9.98. The van der Waals surface area contributed by atoms with Gasteiger partial charge in [-0.25, -0.2) is 9.13 Å². The van der Waals surface area contributed by atoms with Crippen molar-refractivity contribution in [1.82, 2.24) is 0 Å². The van der Waals surface area contributed by atoms with Gasteiger partial charge in [-0.1, -0.05) is 271 Å². The molecule has 0 saturated carbocycles. The molecule has 17 nitrogen and oxygen atoms in total. The number of hydrogen-bond acceptors (Lipinski definition) is 15. The van der Waals surface area contributed by atoms with Gasteiger partial charge in [-0.3, -0.25) is 37.3 Å². The van der Waals surface area contributed by atoms with Crippen molar-refractivity contribution in [2.45, 2.75) is 316 Å². The van der Waals surface area contributed by atoms with E-state index in [4.69, 9.17) is 37.0 Å². The monoisotopic (exact) mass is 1440 g/mol. The van der Waals surface area contributed by atoms with E-state index >= 15 is 0 Å². The number of esters is 4. The van der Waals surface area contributed by atoms with Crippen molar-refractivity contribution in [2.75, 3.05) is 39.6 Å². The van der Waals surface area contributed by atoms with Gasteiger partial charge < -0.3 is 33.8 Å². The van der Waals surface area contributed by atoms with E-state index in [0.717, 1.165) is 161 Å². The van der Waals surface area contributed by atoms with E-state index in [0.29, 0.717) is 32.1 Å². The average molecular weight is 1440 g/mol. The van der Waals surface area contributed by atoms with Crippen LogP contribution in [0.2, 0.25) is 0 Å². The van der Waals surface area contributed by atoms with E-state index < -0.39 is 97.5 Å². The van der Waals surface area contributed by atoms with Crippen molar-refractivity contribution in [2.24, 2.45) is 0 Å². The van der Waals surface area contributed by atoms with Gasteiger partial charge in [0.05, 0.1) is 26.4 Å². The predicted molar refractivity (Wildman–Crippen MR) is 408 cm³/mol. The number of carbonyl (C=O) groups excluding carboxylic acids is 4. The highest BCUT2D eigenvalue weighted by Gasteiger charge is 2.30. The third-order valence-corrected chi connectivity index (χ3v) is 17.5. The summed E-state index contributed by atoms with van der Waals surface area (Å²) in [5, 5.41) is 10.6. The van der Waals surface area contributed by atoms with Crippen molar-refractivity contribution >= 4 is 39.5 Å². The Morgan fingerprint density at radius 1 is 0.290 bits per heavy atom. The van der Waals surface area contributed by atoms with E-state index in [1.54, 1.807) is 0 Å². The molecule has 572 valence electrons. The molecule has 0 amide bonds. The number of ether oxygens (including phenoxy) is 4. The number of unbranched alkanes of at least 4 members (excludes halogenated alkanes) is 23. The molecule has 0 aliphatic rings. The molecule has 0 rings (SSSR count). The number of aliphatic hydroxyl groups is 1. The second kappa shape index (κ2) is 72.5. The number of carbonyl (C=O) groups is 4. The van der Waals surface area contributed by atoms with Gasteiger partial charge in [0.1, 0.15) is 19.3 Å². The van der Waals surface area contributed by atoms with Gasteiger partial charge in [0.2, 0.25) is 0 Å². The highest BCUT2D eigenvalue weighted by molar-refractivity contribution is 7.47. The van der Waals surface area contributed by atoms with Crippen LogP contribution in [0.25, 0.3) is 0 Å². The number of hydrogen-bond donors (Lipinski definition) is 3. The van der Waals surface area contributed by atoms with Gasteiger partial charge in [0.15, 0.2) is 12.2 Å². The standard InChI is InChI=1S/C81H136O17P2/c1-5-9-13-17-21-25-29-33-35-36-37-38-40-43-46-50-54-58-62-66-79(84)92-72-77(98-81(86)68-64-60-56-52-48-44-39-34-30-26-22-18-14-10-6-2)74-96-100(89,90)94-70-75(82)69-93-99(87,88)95-73-76(97-80(85)67-63-59-55-51-47-42-32-28-24-20-16-12-8-4)71-91-78(83)65-61-57-53-49-45-41-31-27-23-19-15-11-7-3/h9-10,13-15,19,21-22,25-27,31,33-35,37-39,43,46,48,52,75-77,82H,5-8,11-12,16-18,20,23-24,28-30,32,36,40-42,44-45,47,49-51,53-74H2,1-4H3,(H,87,88)(H,89,90)/b13-9-,14-10-,19-15-,25-21-,26-22-,31-27-,35-33-,38-37-,39-34-,46-43-,52-48-. The second-order valence-corrected chi connectivity index (χ2v) is 28.1. The first kappa shape index (κ1) is 95.2. The third-order valence-electron chi connectivity index (χ3n) is 15.6. The van der Waals surface area contributed by atoms with Gasteiger partial charge in [0, 0.05) is 25.7 Å². The van der Waals surface area contributed by atoms with Crippen molar-refractivity contribution in [3.63, 3.8) is 0 Å². The summed E-state index contributed by atoms with van der Waals surface area (Å²) < 4.78 is 68.4. The van der Waals surface area contributed by atoms with Crippen LogP contribution >= 0.6 is 15.6 Å². The number of phosphoric ester groups is 2. The maximum Gasteiger partial charge on any atom is 0.472 e. The van der Waals surface area contributed by atoms with Gasteiger partial charge in [0.25, 0.3) is 0 Å². The summed E-state index contributed by atoms with van der Waals surface area (Å²) in [6, 6.07) is 0. The van der Waals surface area contributed by atoms with Crippen molar-refractivity contribution in [3.8, 4) is 0 Å². The van der Waals surface area contributed by atoms with Gasteiger partial charge in [-0.15, -0.1) is 0 Å². The van der Waals surface area contributed by atoms with E-state index in [1.807, 2.05) is 0 Å². The fraction of sp³-hybridized carbons (Fsp3) is 0.679. The fourth-order valence-electron chi connectivity index (χ4n) is 9.80. The third kappa shape index (κ3) is 71.6. The highest BCUT2D eigenvalue weighted by atomic mass is 31.2. The van der Waals surface area contributed by atoms with Crippen molar-refractivity contribution in [1.29, 1.82) is 0 Å². The minimum atomic E-state index is -5.00. The Balaban J connectivity index is 5.42. The minimum Gasteiger partial charge on any atom is -0.462 e. The van der Waals surface area contributed by atoms with Crippen LogP contribution in [-0.4, -0.2) is 96.7 Å². The fourth-order valence-corrected chi connectivity index (χ4v) is 11.4. The van der Waals surface area contributed by atoms with E-state index in [1.165, 1.54) is 51.4 Å². The van der Waals surface area contributed by atoms with Gasteiger partial charge in [-0.05, 0) is 135 Å². The molecule has 5 unspecified atom stereocenters. The largest absolute Gasteiger partial charge is 0.472 e. The molecule has 3 N–H and O–H groups in total. The summed E-state index contributed by atoms with van der Waals surface area (Å²) >= 11 is 0. The molecule has 0 fully saturated rings. The molecule has 0 saturated heterocycles. The SMILES string of the molecule is CC/C=C\C/C=C\C/C=C\C/C=C\C/C=C\CCCCCC(=O)OCC(COP(=O)(O)OCC(O)COP(=O)(O)OCC(COC(=O)CCCCCCC/C=C\C/C=C\CCC)OC(=O)CCCCCCCCCCCCCCC)OC(=O)CCCC/C=C\C/C=C\C/C=C\C/C=C\CC. The van der Waals surface area contributed by atoms with Crippen LogP contribution in [0.3, 0.4) is 0 Å². The molecule has 5 atom stereocenters. The molecule has 0 aromatic rings. The first-order valence-electron chi connectivity index (χ1n) is 38.4. The molecule has 100 heavy (non-hydrogen) atoms. The first-order valence-corrected chi connectivity index (χ1v) is 41.4. The zero-order valence-electron chi connectivity index (χ0n) is 62.3. The Hall–Kier alpha value is -4.80. The van der Waals surface area contributed by atoms with Gasteiger partial charge in [-0.2, -0.15) is 0 Å². The first-order chi connectivity index (χ1) is 48.7. The number of phosphoric acid groups is 2. The quantitative estimate of drug-likeness (QED) is 0.0169. The summed E-state index contributed by atoms with van der Waals surface area (Å²) in [5.74, 6) is -2.27. The van der Waals surface area contributed by atoms with Crippen LogP contribution in [0, 0.1) is 0 Å². The average Bonchev–Trinajstić information content (AvgIpc) is 0.946. The Morgan fingerprint density at radius 3 is 0.870 bits per heavy atom. The van der Waals surface area contributed by atoms with Crippen molar-refractivity contribution in [3.05, 3.63) is 134 Å². The number of aliphatic hydroxyl groups excluding tert-OH is 1. The molecule has 0 aliphatic heterocycles. The molecule has 0 aromatic heterocycles. The zero-order valence-corrected chi connectivity index (χ0v) is 64.1. The predicted octanol–water partition coefficient (Wildman–Crippen LogP) is 22.1. The second-order valence-electron chi connectivity index (χ2n) is 25.2. The van der Waals surface area contributed by atoms with E-state index in [2.05, 4.69) is 161 Å². The molecular weight excluding hydrogens is 1310 g/mol. The molecule has 0 bridgehead atoms. The van der Waals surface area contributed by atoms with E-state index in [9.17, 15) is 43.2 Å². The smallest absolute Gasteiger partial charge is 0.462 e. The van der Waals surface area contributed by atoms with Crippen LogP contribution in [0.15, 0.2) is 134 Å². The molecular formula is C81H136O17P2. The van der Waals surface area contributed by atoms with Gasteiger partial charge >= 0.3 is 39.5 Å². The Kier molecular flexibility index (Phi) is 69.1. The number of rotatable bonds is 71. The lowest BCUT2D eigenvalue weighted by atomic mass is 10.0. The van der Waals surface area contributed by atoms with E-state index in [-0.39, 0.29) is 25.7 Å². The molecule has 0 heterocycles. The van der Waals surface area contributed by atoms with Crippen LogP contribution in [-0.2, 0) is 65.4 Å². The Labute approximate surface area is 605 Å². The minimum absolute atomic E-state index is 0.0315. The van der Waals surface area contributed by atoms with Crippen LogP contribution in [0.4, 0.5) is 0 Å². The lowest BCUT2D eigenvalue weighted by Gasteiger charge is -2.21. The van der Waals surface area contributed by atoms with Crippen LogP contribution in [0.5, 0.6) is 0 Å². The molecule has 19 heteroatoms. The lowest BCUT2D eigenvalue weighted by molar-refractivity contribution is -0.161. The molecule has 0 aliphatic carbocycles. The summed E-state index contributed by atoms with van der Waals surface area (Å²) in [4.78, 5) is 72.9. The zero-order chi connectivity index (χ0) is 73.2. The summed E-state index contributed by atoms with van der Waals surface area (Å²) in [5.41, 5.74) is 0. The van der Waals surface area contributed by atoms with Crippen molar-refractivity contribution < 1.29 is 80.2 Å². The Bertz CT molecular complexity index is 2420.